The van der Waals surface area contributed by atoms with Gasteiger partial charge in [0.1, 0.15) is 0 Å². The summed E-state index contributed by atoms with van der Waals surface area (Å²) in [6, 6.07) is 9.72. The smallest absolute Gasteiger partial charge is 0.0991 e. The number of hydrogen-bond acceptors (Lipinski definition) is 3. The summed E-state index contributed by atoms with van der Waals surface area (Å²) >= 11 is 3.82. The normalized spacial score (nSPS) is 36.7. The van der Waals surface area contributed by atoms with E-state index in [9.17, 15) is 0 Å². The summed E-state index contributed by atoms with van der Waals surface area (Å²) in [5.41, 5.74) is 1.47. The van der Waals surface area contributed by atoms with Crippen molar-refractivity contribution >= 4 is 15.9 Å². The highest BCUT2D eigenvalue weighted by molar-refractivity contribution is 9.09. The molecule has 3 rings (SSSR count). The summed E-state index contributed by atoms with van der Waals surface area (Å²) < 4.78 is 12.6. The van der Waals surface area contributed by atoms with E-state index < -0.39 is 0 Å². The molecule has 2 bridgehead atoms. The SMILES string of the molecule is CC(C)C12CC(OCc3ccc(C#N)cc3)C(C)(CC1Br)O2. The molecule has 0 saturated carbocycles. The molecular formula is C18H22BrNO2. The predicted octanol–water partition coefficient (Wildman–Crippen LogP) is 4.18. The van der Waals surface area contributed by atoms with Crippen molar-refractivity contribution in [1.82, 2.24) is 0 Å². The van der Waals surface area contributed by atoms with Crippen molar-refractivity contribution in [1.29, 1.82) is 5.26 Å². The highest BCUT2D eigenvalue weighted by Gasteiger charge is 2.65. The van der Waals surface area contributed by atoms with Crippen LogP contribution in [-0.2, 0) is 16.1 Å². The molecule has 0 aromatic heterocycles. The second-order valence-electron chi connectivity index (χ2n) is 7.01. The molecule has 0 spiro atoms. The van der Waals surface area contributed by atoms with Gasteiger partial charge in [-0.2, -0.15) is 5.26 Å². The second kappa shape index (κ2) is 5.63. The van der Waals surface area contributed by atoms with Gasteiger partial charge in [-0.3, -0.25) is 0 Å². The van der Waals surface area contributed by atoms with E-state index in [-0.39, 0.29) is 17.3 Å². The minimum atomic E-state index is -0.203. The van der Waals surface area contributed by atoms with E-state index in [0.717, 1.165) is 18.4 Å². The second-order valence-corrected chi connectivity index (χ2v) is 8.11. The zero-order chi connectivity index (χ0) is 16.0. The van der Waals surface area contributed by atoms with Crippen LogP contribution in [0.4, 0.5) is 0 Å². The lowest BCUT2D eigenvalue weighted by Crippen LogP contribution is -2.44. The van der Waals surface area contributed by atoms with E-state index in [1.807, 2.05) is 24.3 Å². The summed E-state index contributed by atoms with van der Waals surface area (Å²) in [5, 5.41) is 8.84. The third-order valence-corrected chi connectivity index (χ3v) is 6.33. The Labute approximate surface area is 140 Å². The molecule has 4 atom stereocenters. The average Bonchev–Trinajstić information content (AvgIpc) is 2.93. The number of nitrogens with zero attached hydrogens (tertiary/aromatic N) is 1. The zero-order valence-corrected chi connectivity index (χ0v) is 14.9. The van der Waals surface area contributed by atoms with Crippen molar-refractivity contribution in [2.45, 2.75) is 62.4 Å². The first kappa shape index (κ1) is 16.0. The Morgan fingerprint density at radius 2 is 2.05 bits per heavy atom. The van der Waals surface area contributed by atoms with Gasteiger partial charge < -0.3 is 9.47 Å². The molecule has 2 aliphatic heterocycles. The minimum Gasteiger partial charge on any atom is -0.370 e. The Kier molecular flexibility index (Phi) is 4.09. The summed E-state index contributed by atoms with van der Waals surface area (Å²) in [5.74, 6) is 0.460. The summed E-state index contributed by atoms with van der Waals surface area (Å²) in [7, 11) is 0. The van der Waals surface area contributed by atoms with Gasteiger partial charge in [-0.1, -0.05) is 41.9 Å². The number of alkyl halides is 1. The van der Waals surface area contributed by atoms with Crippen LogP contribution in [0.1, 0.15) is 44.7 Å². The lowest BCUT2D eigenvalue weighted by molar-refractivity contribution is -0.0955. The van der Waals surface area contributed by atoms with Crippen molar-refractivity contribution in [3.63, 3.8) is 0 Å². The van der Waals surface area contributed by atoms with Gasteiger partial charge >= 0.3 is 0 Å². The van der Waals surface area contributed by atoms with E-state index in [1.165, 1.54) is 0 Å². The van der Waals surface area contributed by atoms with Gasteiger partial charge in [0.05, 0.1) is 35.5 Å². The van der Waals surface area contributed by atoms with E-state index in [1.54, 1.807) is 0 Å². The van der Waals surface area contributed by atoms with Crippen LogP contribution >= 0.6 is 15.9 Å². The van der Waals surface area contributed by atoms with Crippen LogP contribution < -0.4 is 0 Å². The van der Waals surface area contributed by atoms with Crippen molar-refractivity contribution in [3.05, 3.63) is 35.4 Å². The number of rotatable bonds is 4. The van der Waals surface area contributed by atoms with Gasteiger partial charge in [-0.25, -0.2) is 0 Å². The largest absolute Gasteiger partial charge is 0.370 e. The molecule has 2 heterocycles. The lowest BCUT2D eigenvalue weighted by Gasteiger charge is -2.35. The monoisotopic (exact) mass is 363 g/mol. The molecule has 1 aromatic rings. The fraction of sp³-hybridized carbons (Fsp3) is 0.611. The van der Waals surface area contributed by atoms with Crippen molar-refractivity contribution in [3.8, 4) is 6.07 Å². The van der Waals surface area contributed by atoms with Crippen LogP contribution in [0, 0.1) is 17.2 Å². The van der Waals surface area contributed by atoms with Crippen LogP contribution in [0.2, 0.25) is 0 Å². The third kappa shape index (κ3) is 2.50. The molecule has 2 saturated heterocycles. The van der Waals surface area contributed by atoms with Gasteiger partial charge in [0.2, 0.25) is 0 Å². The topological polar surface area (TPSA) is 42.2 Å². The van der Waals surface area contributed by atoms with Crippen LogP contribution in [0.15, 0.2) is 24.3 Å². The lowest BCUT2D eigenvalue weighted by atomic mass is 9.75. The van der Waals surface area contributed by atoms with Gasteiger partial charge in [0.15, 0.2) is 0 Å². The van der Waals surface area contributed by atoms with E-state index in [4.69, 9.17) is 14.7 Å². The van der Waals surface area contributed by atoms with E-state index >= 15 is 0 Å². The first-order chi connectivity index (χ1) is 10.4. The number of benzene rings is 1. The molecule has 3 nitrogen and oxygen atoms in total. The molecule has 0 radical (unpaired) electrons. The molecule has 0 aliphatic carbocycles. The molecule has 2 fully saturated rings. The highest BCUT2D eigenvalue weighted by Crippen LogP contribution is 2.57. The molecule has 2 aliphatic rings. The molecule has 4 heteroatoms. The fourth-order valence-electron chi connectivity index (χ4n) is 3.76. The van der Waals surface area contributed by atoms with Gasteiger partial charge in [-0.15, -0.1) is 0 Å². The molecule has 118 valence electrons. The molecule has 1 aromatic carbocycles. The summed E-state index contributed by atoms with van der Waals surface area (Å²) in [6.07, 6.45) is 2.05. The maximum absolute atomic E-state index is 8.84. The highest BCUT2D eigenvalue weighted by atomic mass is 79.9. The molecular weight excluding hydrogens is 342 g/mol. The number of ether oxygens (including phenoxy) is 2. The van der Waals surface area contributed by atoms with Crippen LogP contribution in [0.5, 0.6) is 0 Å². The van der Waals surface area contributed by atoms with Crippen molar-refractivity contribution < 1.29 is 9.47 Å². The number of fused-ring (bicyclic) bond motifs is 2. The molecule has 0 N–H and O–H groups in total. The maximum Gasteiger partial charge on any atom is 0.0991 e. The Morgan fingerprint density at radius 3 is 2.59 bits per heavy atom. The molecule has 4 unspecified atom stereocenters. The van der Waals surface area contributed by atoms with Crippen molar-refractivity contribution in [2.75, 3.05) is 0 Å². The van der Waals surface area contributed by atoms with Crippen molar-refractivity contribution in [2.24, 2.45) is 5.92 Å². The fourth-order valence-corrected chi connectivity index (χ4v) is 5.22. The number of hydrogen-bond donors (Lipinski definition) is 0. The maximum atomic E-state index is 8.84. The number of nitriles is 1. The minimum absolute atomic E-state index is 0.107. The van der Waals surface area contributed by atoms with Crippen LogP contribution in [0.3, 0.4) is 0 Å². The van der Waals surface area contributed by atoms with E-state index in [0.29, 0.717) is 22.9 Å². The Morgan fingerprint density at radius 1 is 1.36 bits per heavy atom. The Hall–Kier alpha value is -0.890. The zero-order valence-electron chi connectivity index (χ0n) is 13.3. The predicted molar refractivity (Wildman–Crippen MR) is 88.7 cm³/mol. The van der Waals surface area contributed by atoms with Gasteiger partial charge in [0.25, 0.3) is 0 Å². The summed E-state index contributed by atoms with van der Waals surface area (Å²) in [6.45, 7) is 7.18. The Balaban J connectivity index is 1.68. The van der Waals surface area contributed by atoms with Gasteiger partial charge in [0, 0.05) is 11.2 Å². The molecule has 0 amide bonds. The summed E-state index contributed by atoms with van der Waals surface area (Å²) in [4.78, 5) is 0.403. The quantitative estimate of drug-likeness (QED) is 0.753. The standard InChI is InChI=1S/C18H22BrNO2/c1-12(2)18-9-16(17(3,22-18)8-15(18)19)21-11-14-6-4-13(10-20)5-7-14/h4-7,12,15-16H,8-9,11H2,1-3H3. The third-order valence-electron chi connectivity index (χ3n) is 5.23. The Bertz CT molecular complexity index is 594. The first-order valence-electron chi connectivity index (χ1n) is 7.84. The average molecular weight is 364 g/mol. The van der Waals surface area contributed by atoms with Crippen LogP contribution in [0.25, 0.3) is 0 Å². The van der Waals surface area contributed by atoms with E-state index in [2.05, 4.69) is 42.8 Å². The number of halogens is 1. The van der Waals surface area contributed by atoms with Crippen LogP contribution in [-0.4, -0.2) is 22.1 Å². The molecule has 22 heavy (non-hydrogen) atoms. The van der Waals surface area contributed by atoms with Gasteiger partial charge in [-0.05, 0) is 37.0 Å². The first-order valence-corrected chi connectivity index (χ1v) is 8.76.